The SMILES string of the molecule is CC(C)(C)OC(=O)N1CC2C(C1)C2c1cc(I)nn1CC(F)(F)F. The van der Waals surface area contributed by atoms with Crippen LogP contribution in [0.25, 0.3) is 0 Å². The van der Waals surface area contributed by atoms with Crippen molar-refractivity contribution in [2.75, 3.05) is 13.1 Å². The Morgan fingerprint density at radius 1 is 1.33 bits per heavy atom. The summed E-state index contributed by atoms with van der Waals surface area (Å²) in [5, 5.41) is 3.97. The highest BCUT2D eigenvalue weighted by atomic mass is 127. The Hall–Kier alpha value is -1.00. The van der Waals surface area contributed by atoms with Gasteiger partial charge in [-0.3, -0.25) is 4.68 Å². The highest BCUT2D eigenvalue weighted by Gasteiger charge is 2.59. The molecule has 24 heavy (non-hydrogen) atoms. The minimum Gasteiger partial charge on any atom is -0.444 e. The Bertz CT molecular complexity index is 641. The molecular formula is C15H19F3IN3O2. The molecule has 9 heteroatoms. The number of fused-ring (bicyclic) bond motifs is 1. The molecule has 2 atom stereocenters. The zero-order valence-electron chi connectivity index (χ0n) is 13.6. The molecule has 134 valence electrons. The highest BCUT2D eigenvalue weighted by molar-refractivity contribution is 14.1. The van der Waals surface area contributed by atoms with E-state index in [0.29, 0.717) is 22.5 Å². The van der Waals surface area contributed by atoms with Gasteiger partial charge in [0.2, 0.25) is 0 Å². The third-order valence-corrected chi connectivity index (χ3v) is 4.82. The van der Waals surface area contributed by atoms with Gasteiger partial charge in [-0.15, -0.1) is 0 Å². The van der Waals surface area contributed by atoms with Crippen molar-refractivity contribution in [1.82, 2.24) is 14.7 Å². The van der Waals surface area contributed by atoms with Gasteiger partial charge in [-0.05, 0) is 61.3 Å². The first-order chi connectivity index (χ1) is 10.9. The molecule has 1 saturated carbocycles. The number of nitrogens with zero attached hydrogens (tertiary/aromatic N) is 3. The molecule has 0 aromatic carbocycles. The van der Waals surface area contributed by atoms with E-state index in [-0.39, 0.29) is 23.8 Å². The number of piperidine rings is 1. The van der Waals surface area contributed by atoms with Gasteiger partial charge in [-0.25, -0.2) is 4.79 Å². The van der Waals surface area contributed by atoms with Gasteiger partial charge < -0.3 is 9.64 Å². The zero-order valence-corrected chi connectivity index (χ0v) is 15.8. The van der Waals surface area contributed by atoms with Gasteiger partial charge in [0.25, 0.3) is 0 Å². The van der Waals surface area contributed by atoms with E-state index in [1.165, 1.54) is 0 Å². The summed E-state index contributed by atoms with van der Waals surface area (Å²) in [5.74, 6) is 0.427. The molecule has 0 radical (unpaired) electrons. The van der Waals surface area contributed by atoms with Gasteiger partial charge in [0.1, 0.15) is 15.8 Å². The molecule has 1 aliphatic heterocycles. The maximum absolute atomic E-state index is 12.7. The lowest BCUT2D eigenvalue weighted by Gasteiger charge is -2.26. The summed E-state index contributed by atoms with van der Waals surface area (Å²) < 4.78 is 45.1. The molecule has 1 aromatic heterocycles. The molecule has 5 nitrogen and oxygen atoms in total. The van der Waals surface area contributed by atoms with E-state index in [1.807, 2.05) is 43.4 Å². The van der Waals surface area contributed by atoms with Crippen LogP contribution in [0.1, 0.15) is 32.4 Å². The van der Waals surface area contributed by atoms with E-state index in [9.17, 15) is 18.0 Å². The average molecular weight is 457 g/mol. The first kappa shape index (κ1) is 17.8. The summed E-state index contributed by atoms with van der Waals surface area (Å²) >= 11 is 1.93. The van der Waals surface area contributed by atoms with Crippen LogP contribution in [0.3, 0.4) is 0 Å². The minimum absolute atomic E-state index is 0.0436. The number of ether oxygens (including phenoxy) is 1. The Kier molecular flexibility index (Phi) is 4.28. The first-order valence-electron chi connectivity index (χ1n) is 7.72. The van der Waals surface area contributed by atoms with Crippen LogP contribution in [0.15, 0.2) is 6.07 Å². The molecule has 0 N–H and O–H groups in total. The monoisotopic (exact) mass is 457 g/mol. The number of carbonyl (C=O) groups excluding carboxylic acids is 1. The lowest BCUT2D eigenvalue weighted by molar-refractivity contribution is -0.143. The molecule has 2 heterocycles. The van der Waals surface area contributed by atoms with Crippen LogP contribution in [0.2, 0.25) is 0 Å². The van der Waals surface area contributed by atoms with Crippen LogP contribution in [-0.2, 0) is 11.3 Å². The summed E-state index contributed by atoms with van der Waals surface area (Å²) in [4.78, 5) is 13.7. The summed E-state index contributed by atoms with van der Waals surface area (Å²) in [5.41, 5.74) is 0.0700. The van der Waals surface area contributed by atoms with E-state index < -0.39 is 18.3 Å². The summed E-state index contributed by atoms with van der Waals surface area (Å²) in [7, 11) is 0. The number of amides is 1. The Labute approximate surface area is 151 Å². The Balaban J connectivity index is 1.65. The number of hydrogen-bond acceptors (Lipinski definition) is 3. The molecule has 1 aromatic rings. The molecule has 3 rings (SSSR count). The molecule has 2 aliphatic rings. The molecule has 1 amide bonds. The number of alkyl halides is 3. The molecular weight excluding hydrogens is 438 g/mol. The third kappa shape index (κ3) is 3.80. The van der Waals surface area contributed by atoms with Crippen LogP contribution in [0, 0.1) is 15.5 Å². The predicted molar refractivity (Wildman–Crippen MR) is 88.5 cm³/mol. The van der Waals surface area contributed by atoms with Crippen molar-refractivity contribution in [3.8, 4) is 0 Å². The summed E-state index contributed by atoms with van der Waals surface area (Å²) in [6.07, 6.45) is -4.65. The molecule has 1 aliphatic carbocycles. The molecule has 2 fully saturated rings. The number of halogens is 4. The van der Waals surface area contributed by atoms with Crippen LogP contribution in [-0.4, -0.2) is 45.6 Å². The Morgan fingerprint density at radius 2 is 1.92 bits per heavy atom. The van der Waals surface area contributed by atoms with Crippen LogP contribution >= 0.6 is 22.6 Å². The standard InChI is InChI=1S/C15H19F3IN3O2/c1-14(2,3)24-13(23)21-5-8-9(6-21)12(8)10-4-11(19)20-22(10)7-15(16,17)18/h4,8-9,12H,5-7H2,1-3H3. The maximum Gasteiger partial charge on any atom is 0.410 e. The second kappa shape index (κ2) is 5.77. The fourth-order valence-electron chi connectivity index (χ4n) is 3.40. The number of hydrogen-bond donors (Lipinski definition) is 0. The molecule has 2 unspecified atom stereocenters. The number of carbonyl (C=O) groups is 1. The highest BCUT2D eigenvalue weighted by Crippen LogP contribution is 2.58. The normalized spacial score (nSPS) is 26.5. The summed E-state index contributed by atoms with van der Waals surface area (Å²) in [6, 6.07) is 1.72. The van der Waals surface area contributed by atoms with Crippen molar-refractivity contribution in [3.63, 3.8) is 0 Å². The zero-order chi connectivity index (χ0) is 17.9. The van der Waals surface area contributed by atoms with Crippen molar-refractivity contribution in [1.29, 1.82) is 0 Å². The summed E-state index contributed by atoms with van der Waals surface area (Å²) in [6.45, 7) is 5.40. The van der Waals surface area contributed by atoms with Crippen LogP contribution in [0.4, 0.5) is 18.0 Å². The molecule has 0 bridgehead atoms. The van der Waals surface area contributed by atoms with E-state index >= 15 is 0 Å². The van der Waals surface area contributed by atoms with Crippen molar-refractivity contribution in [2.45, 2.75) is 45.0 Å². The van der Waals surface area contributed by atoms with Crippen LogP contribution < -0.4 is 0 Å². The second-order valence-corrected chi connectivity index (χ2v) is 8.51. The first-order valence-corrected chi connectivity index (χ1v) is 8.80. The van der Waals surface area contributed by atoms with Gasteiger partial charge >= 0.3 is 12.3 Å². The second-order valence-electron chi connectivity index (χ2n) is 7.40. The fourth-order valence-corrected chi connectivity index (χ4v) is 3.98. The smallest absolute Gasteiger partial charge is 0.410 e. The van der Waals surface area contributed by atoms with Gasteiger partial charge in [-0.2, -0.15) is 18.3 Å². The molecule has 1 saturated heterocycles. The maximum atomic E-state index is 12.7. The van der Waals surface area contributed by atoms with Crippen LogP contribution in [0.5, 0.6) is 0 Å². The van der Waals surface area contributed by atoms with Crippen molar-refractivity contribution >= 4 is 28.7 Å². The fraction of sp³-hybridized carbons (Fsp3) is 0.733. The van der Waals surface area contributed by atoms with E-state index in [0.717, 1.165) is 4.68 Å². The van der Waals surface area contributed by atoms with Gasteiger partial charge in [0.15, 0.2) is 0 Å². The number of rotatable bonds is 2. The quantitative estimate of drug-likeness (QED) is 0.638. The number of likely N-dealkylation sites (tertiary alicyclic amines) is 1. The van der Waals surface area contributed by atoms with Gasteiger partial charge in [-0.1, -0.05) is 0 Å². The van der Waals surface area contributed by atoms with Crippen molar-refractivity contribution < 1.29 is 22.7 Å². The van der Waals surface area contributed by atoms with E-state index in [1.54, 1.807) is 11.0 Å². The minimum atomic E-state index is -4.30. The van der Waals surface area contributed by atoms with E-state index in [4.69, 9.17) is 4.74 Å². The van der Waals surface area contributed by atoms with Gasteiger partial charge in [0, 0.05) is 24.7 Å². The lowest BCUT2D eigenvalue weighted by atomic mass is 10.2. The molecule has 0 spiro atoms. The Morgan fingerprint density at radius 3 is 2.42 bits per heavy atom. The largest absolute Gasteiger partial charge is 0.444 e. The van der Waals surface area contributed by atoms with Crippen molar-refractivity contribution in [2.24, 2.45) is 11.8 Å². The average Bonchev–Trinajstić information content (AvgIpc) is 2.74. The van der Waals surface area contributed by atoms with Gasteiger partial charge in [0.05, 0.1) is 0 Å². The topological polar surface area (TPSA) is 47.4 Å². The lowest BCUT2D eigenvalue weighted by Crippen LogP contribution is -2.37. The number of aromatic nitrogens is 2. The third-order valence-electron chi connectivity index (χ3n) is 4.30. The predicted octanol–water partition coefficient (Wildman–Crippen LogP) is 3.63. The van der Waals surface area contributed by atoms with Crippen molar-refractivity contribution in [3.05, 3.63) is 15.5 Å². The van der Waals surface area contributed by atoms with E-state index in [2.05, 4.69) is 5.10 Å².